The quantitative estimate of drug-likeness (QED) is 0.143. The highest BCUT2D eigenvalue weighted by Crippen LogP contribution is 2.42. The number of benzene rings is 4. The monoisotopic (exact) mass is 613 g/mol. The van der Waals surface area contributed by atoms with E-state index in [0.717, 1.165) is 33.8 Å². The van der Waals surface area contributed by atoms with Crippen LogP contribution in [0.5, 0.6) is 11.5 Å². The number of methoxy groups -OCH3 is 2. The van der Waals surface area contributed by atoms with Gasteiger partial charge in [-0.05, 0) is 46.5 Å². The van der Waals surface area contributed by atoms with E-state index in [1.807, 2.05) is 109 Å². The van der Waals surface area contributed by atoms with E-state index in [4.69, 9.17) is 28.4 Å². The van der Waals surface area contributed by atoms with Crippen LogP contribution < -0.4 is 14.8 Å². The molecule has 236 valence electrons. The number of carbonyl (C=O) groups is 1. The highest BCUT2D eigenvalue weighted by atomic mass is 16.7. The first kappa shape index (κ1) is 32.0. The van der Waals surface area contributed by atoms with Gasteiger partial charge in [0.25, 0.3) is 0 Å². The van der Waals surface area contributed by atoms with Crippen LogP contribution in [0.1, 0.15) is 28.7 Å². The second-order valence-electron chi connectivity index (χ2n) is 10.6. The summed E-state index contributed by atoms with van der Waals surface area (Å²) < 4.78 is 34.8. The molecule has 0 spiro atoms. The van der Waals surface area contributed by atoms with Crippen molar-refractivity contribution < 1.29 is 38.3 Å². The molecule has 0 bridgehead atoms. The maximum absolute atomic E-state index is 12.0. The van der Waals surface area contributed by atoms with Crippen LogP contribution in [0.15, 0.2) is 109 Å². The van der Waals surface area contributed by atoms with Crippen molar-refractivity contribution in [3.8, 4) is 11.5 Å². The third-order valence-corrected chi connectivity index (χ3v) is 7.72. The molecule has 45 heavy (non-hydrogen) atoms. The topological polar surface area (TPSA) is 105 Å². The van der Waals surface area contributed by atoms with Crippen molar-refractivity contribution in [2.75, 3.05) is 34.0 Å². The molecule has 4 aromatic carbocycles. The summed E-state index contributed by atoms with van der Waals surface area (Å²) in [4.78, 5) is 12.0. The molecular weight excluding hydrogens is 574 g/mol. The van der Waals surface area contributed by atoms with Crippen LogP contribution in [0.4, 0.5) is 4.79 Å². The minimum Gasteiger partial charge on any atom is -0.497 e. The number of aliphatic hydroxyl groups excluding tert-OH is 1. The first-order valence-corrected chi connectivity index (χ1v) is 14.9. The lowest BCUT2D eigenvalue weighted by Crippen LogP contribution is -2.38. The van der Waals surface area contributed by atoms with Crippen LogP contribution in [0.2, 0.25) is 0 Å². The first-order chi connectivity index (χ1) is 22.0. The third-order valence-electron chi connectivity index (χ3n) is 7.72. The molecule has 4 aromatic rings. The van der Waals surface area contributed by atoms with Gasteiger partial charge in [-0.3, -0.25) is 0 Å². The Morgan fingerprint density at radius 2 is 1.38 bits per heavy atom. The Labute approximate surface area is 263 Å². The Balaban J connectivity index is 1.25. The SMILES string of the molecule is COc1ccc(C(OC[C@H]2O[C@@H](OCCNC(=O)OCc3ccccc3)C[C@@H]2O)(c2ccccc2)c2ccc(OC)cc2)cc1. The van der Waals surface area contributed by atoms with E-state index >= 15 is 0 Å². The molecule has 5 rings (SSSR count). The second kappa shape index (κ2) is 15.5. The summed E-state index contributed by atoms with van der Waals surface area (Å²) in [6.45, 7) is 0.691. The van der Waals surface area contributed by atoms with Gasteiger partial charge in [0.15, 0.2) is 6.29 Å². The van der Waals surface area contributed by atoms with Crippen molar-refractivity contribution in [2.45, 2.75) is 37.1 Å². The standard InChI is InChI=1S/C36H39NO8/c1-40-30-17-13-28(14-18-30)36(27-11-7-4-8-12-27,29-15-19-31(41-2)20-16-29)44-25-33-32(38)23-34(45-33)42-22-21-37-35(39)43-24-26-9-5-3-6-10-26/h3-20,32-34,38H,21-25H2,1-2H3,(H,37,39)/t32-,33+,34+/m0/s1. The Morgan fingerprint density at radius 1 is 0.822 bits per heavy atom. The van der Waals surface area contributed by atoms with Gasteiger partial charge < -0.3 is 38.8 Å². The number of nitrogens with one attached hydrogen (secondary N) is 1. The Hall–Kier alpha value is -4.41. The molecule has 9 nitrogen and oxygen atoms in total. The molecule has 1 aliphatic heterocycles. The number of rotatable bonds is 14. The van der Waals surface area contributed by atoms with Gasteiger partial charge >= 0.3 is 6.09 Å². The zero-order chi connectivity index (χ0) is 31.5. The van der Waals surface area contributed by atoms with Gasteiger partial charge in [-0.25, -0.2) is 4.79 Å². The van der Waals surface area contributed by atoms with Crippen LogP contribution >= 0.6 is 0 Å². The molecule has 1 saturated heterocycles. The predicted octanol–water partition coefficient (Wildman–Crippen LogP) is 5.43. The van der Waals surface area contributed by atoms with Gasteiger partial charge in [0, 0.05) is 13.0 Å². The van der Waals surface area contributed by atoms with Crippen molar-refractivity contribution in [3.05, 3.63) is 131 Å². The van der Waals surface area contributed by atoms with Gasteiger partial charge in [-0.15, -0.1) is 0 Å². The van der Waals surface area contributed by atoms with Crippen LogP contribution in [-0.2, 0) is 31.2 Å². The van der Waals surface area contributed by atoms with E-state index in [1.54, 1.807) is 14.2 Å². The fourth-order valence-corrected chi connectivity index (χ4v) is 5.35. The van der Waals surface area contributed by atoms with Gasteiger partial charge in [0.05, 0.1) is 33.5 Å². The number of amides is 1. The summed E-state index contributed by atoms with van der Waals surface area (Å²) in [6.07, 6.45) is -2.35. The van der Waals surface area contributed by atoms with Crippen LogP contribution in [0, 0.1) is 0 Å². The van der Waals surface area contributed by atoms with Crippen molar-refractivity contribution in [1.82, 2.24) is 5.32 Å². The molecule has 3 atom stereocenters. The second-order valence-corrected chi connectivity index (χ2v) is 10.6. The molecule has 0 aromatic heterocycles. The van der Waals surface area contributed by atoms with Crippen molar-refractivity contribution >= 4 is 6.09 Å². The van der Waals surface area contributed by atoms with E-state index in [2.05, 4.69) is 5.32 Å². The van der Waals surface area contributed by atoms with Gasteiger partial charge in [0.1, 0.15) is 29.8 Å². The fraction of sp³-hybridized carbons (Fsp3) is 0.306. The summed E-state index contributed by atoms with van der Waals surface area (Å²) >= 11 is 0. The number of carbonyl (C=O) groups excluding carboxylic acids is 1. The van der Waals surface area contributed by atoms with Crippen molar-refractivity contribution in [2.24, 2.45) is 0 Å². The van der Waals surface area contributed by atoms with Gasteiger partial charge in [-0.1, -0.05) is 84.9 Å². The summed E-state index contributed by atoms with van der Waals surface area (Å²) in [5.41, 5.74) is 2.54. The Morgan fingerprint density at radius 3 is 1.96 bits per heavy atom. The molecule has 2 N–H and O–H groups in total. The lowest BCUT2D eigenvalue weighted by atomic mass is 9.80. The summed E-state index contributed by atoms with van der Waals surface area (Å²) in [7, 11) is 3.26. The van der Waals surface area contributed by atoms with E-state index in [0.29, 0.717) is 0 Å². The van der Waals surface area contributed by atoms with Crippen molar-refractivity contribution in [1.29, 1.82) is 0 Å². The van der Waals surface area contributed by atoms with E-state index in [-0.39, 0.29) is 32.8 Å². The average molecular weight is 614 g/mol. The summed E-state index contributed by atoms with van der Waals surface area (Å²) in [5.74, 6) is 1.45. The molecule has 1 heterocycles. The van der Waals surface area contributed by atoms with Crippen molar-refractivity contribution in [3.63, 3.8) is 0 Å². The highest BCUT2D eigenvalue weighted by molar-refractivity contribution is 5.67. The largest absolute Gasteiger partial charge is 0.497 e. The number of aliphatic hydroxyl groups is 1. The molecule has 1 fully saturated rings. The molecule has 1 amide bonds. The molecule has 0 radical (unpaired) electrons. The predicted molar refractivity (Wildman–Crippen MR) is 168 cm³/mol. The number of ether oxygens (including phenoxy) is 6. The third kappa shape index (κ3) is 8.01. The molecule has 1 aliphatic rings. The molecule has 0 saturated carbocycles. The number of hydrogen-bond acceptors (Lipinski definition) is 8. The minimum atomic E-state index is -1.04. The average Bonchev–Trinajstić information content (AvgIpc) is 3.46. The van der Waals surface area contributed by atoms with Gasteiger partial charge in [0.2, 0.25) is 0 Å². The molecule has 0 unspecified atom stereocenters. The Bertz CT molecular complexity index is 1420. The van der Waals surface area contributed by atoms with Crippen LogP contribution in [0.25, 0.3) is 0 Å². The fourth-order valence-electron chi connectivity index (χ4n) is 5.35. The minimum absolute atomic E-state index is 0.0814. The smallest absolute Gasteiger partial charge is 0.407 e. The van der Waals surface area contributed by atoms with Gasteiger partial charge in [-0.2, -0.15) is 0 Å². The Kier molecular flexibility index (Phi) is 11.1. The zero-order valence-electron chi connectivity index (χ0n) is 25.5. The number of alkyl carbamates (subject to hydrolysis) is 1. The maximum atomic E-state index is 12.0. The zero-order valence-corrected chi connectivity index (χ0v) is 25.5. The van der Waals surface area contributed by atoms with Crippen LogP contribution in [0.3, 0.4) is 0 Å². The lowest BCUT2D eigenvalue weighted by Gasteiger charge is -2.37. The summed E-state index contributed by atoms with van der Waals surface area (Å²) in [5, 5.41) is 13.6. The van der Waals surface area contributed by atoms with E-state index in [1.165, 1.54) is 0 Å². The maximum Gasteiger partial charge on any atom is 0.407 e. The lowest BCUT2D eigenvalue weighted by molar-refractivity contribution is -0.156. The molecule has 9 heteroatoms. The molecular formula is C36H39NO8. The first-order valence-electron chi connectivity index (χ1n) is 14.9. The normalized spacial score (nSPS) is 17.9. The highest BCUT2D eigenvalue weighted by Gasteiger charge is 2.41. The van der Waals surface area contributed by atoms with E-state index < -0.39 is 30.2 Å². The van der Waals surface area contributed by atoms with E-state index in [9.17, 15) is 9.90 Å². The molecule has 0 aliphatic carbocycles. The number of hydrogen-bond donors (Lipinski definition) is 2. The van der Waals surface area contributed by atoms with Crippen LogP contribution in [-0.4, -0.2) is 63.7 Å². The summed E-state index contributed by atoms with van der Waals surface area (Å²) in [6, 6.07) is 34.9.